The number of hydrogen-bond donors (Lipinski definition) is 1. The minimum absolute atomic E-state index is 0.114. The van der Waals surface area contributed by atoms with Gasteiger partial charge in [0.1, 0.15) is 0 Å². The van der Waals surface area contributed by atoms with Crippen LogP contribution in [0.2, 0.25) is 5.02 Å². The van der Waals surface area contributed by atoms with Gasteiger partial charge in [-0.2, -0.15) is 0 Å². The standard InChI is InChI=1S/C17H19ClN2O/c1-20(2)12-15-7-4-3-6-14(15)11-19-17(21)13-8-5-9-16(18)10-13/h3-10H,11-12H2,1-2H3,(H,19,21). The van der Waals surface area contributed by atoms with Crippen molar-refractivity contribution in [1.82, 2.24) is 10.2 Å². The molecule has 0 atom stereocenters. The molecular weight excluding hydrogens is 284 g/mol. The van der Waals surface area contributed by atoms with Crippen LogP contribution in [-0.4, -0.2) is 24.9 Å². The number of amides is 1. The minimum Gasteiger partial charge on any atom is -0.348 e. The van der Waals surface area contributed by atoms with E-state index in [1.165, 1.54) is 5.56 Å². The average Bonchev–Trinajstić information content (AvgIpc) is 2.45. The summed E-state index contributed by atoms with van der Waals surface area (Å²) in [6, 6.07) is 15.1. The van der Waals surface area contributed by atoms with E-state index in [2.05, 4.69) is 16.3 Å². The van der Waals surface area contributed by atoms with Gasteiger partial charge in [-0.3, -0.25) is 4.79 Å². The van der Waals surface area contributed by atoms with E-state index < -0.39 is 0 Å². The molecule has 1 N–H and O–H groups in total. The van der Waals surface area contributed by atoms with Crippen LogP contribution in [0.1, 0.15) is 21.5 Å². The maximum atomic E-state index is 12.1. The highest BCUT2D eigenvalue weighted by atomic mass is 35.5. The molecule has 2 aromatic carbocycles. The van der Waals surface area contributed by atoms with Gasteiger partial charge in [-0.15, -0.1) is 0 Å². The van der Waals surface area contributed by atoms with Crippen LogP contribution in [0.15, 0.2) is 48.5 Å². The molecule has 0 aliphatic heterocycles. The van der Waals surface area contributed by atoms with Gasteiger partial charge in [-0.1, -0.05) is 41.9 Å². The molecule has 0 radical (unpaired) electrons. The van der Waals surface area contributed by atoms with Crippen molar-refractivity contribution in [3.63, 3.8) is 0 Å². The first-order valence-corrected chi connectivity index (χ1v) is 7.19. The maximum absolute atomic E-state index is 12.1. The number of carbonyl (C=O) groups excluding carboxylic acids is 1. The van der Waals surface area contributed by atoms with E-state index in [4.69, 9.17) is 11.6 Å². The van der Waals surface area contributed by atoms with Crippen molar-refractivity contribution in [3.05, 3.63) is 70.2 Å². The van der Waals surface area contributed by atoms with Gasteiger partial charge in [-0.05, 0) is 43.4 Å². The molecule has 110 valence electrons. The molecule has 0 aliphatic carbocycles. The minimum atomic E-state index is -0.114. The Hall–Kier alpha value is -1.84. The summed E-state index contributed by atoms with van der Waals surface area (Å²) < 4.78 is 0. The molecule has 0 unspecified atom stereocenters. The Kier molecular flexibility index (Phi) is 5.37. The molecule has 21 heavy (non-hydrogen) atoms. The van der Waals surface area contributed by atoms with Gasteiger partial charge in [0.15, 0.2) is 0 Å². The second kappa shape index (κ2) is 7.25. The highest BCUT2D eigenvalue weighted by Gasteiger charge is 2.08. The Morgan fingerprint density at radius 1 is 1.10 bits per heavy atom. The van der Waals surface area contributed by atoms with Crippen molar-refractivity contribution in [2.24, 2.45) is 0 Å². The lowest BCUT2D eigenvalue weighted by molar-refractivity contribution is 0.0951. The molecule has 4 heteroatoms. The Bertz CT molecular complexity index is 626. The quantitative estimate of drug-likeness (QED) is 0.919. The van der Waals surface area contributed by atoms with Crippen LogP contribution in [0.5, 0.6) is 0 Å². The van der Waals surface area contributed by atoms with E-state index in [1.54, 1.807) is 24.3 Å². The number of hydrogen-bond acceptors (Lipinski definition) is 2. The van der Waals surface area contributed by atoms with E-state index in [-0.39, 0.29) is 5.91 Å². The summed E-state index contributed by atoms with van der Waals surface area (Å²) in [5, 5.41) is 3.51. The van der Waals surface area contributed by atoms with Crippen LogP contribution in [0.3, 0.4) is 0 Å². The third-order valence-electron chi connectivity index (χ3n) is 3.13. The fourth-order valence-corrected chi connectivity index (χ4v) is 2.32. The van der Waals surface area contributed by atoms with Crippen LogP contribution >= 0.6 is 11.6 Å². The van der Waals surface area contributed by atoms with Gasteiger partial charge in [-0.25, -0.2) is 0 Å². The number of nitrogens with one attached hydrogen (secondary N) is 1. The first kappa shape index (κ1) is 15.5. The number of carbonyl (C=O) groups is 1. The molecule has 0 bridgehead atoms. The van der Waals surface area contributed by atoms with E-state index in [0.29, 0.717) is 17.1 Å². The second-order valence-electron chi connectivity index (χ2n) is 5.20. The van der Waals surface area contributed by atoms with E-state index in [1.807, 2.05) is 32.3 Å². The maximum Gasteiger partial charge on any atom is 0.251 e. The molecule has 3 nitrogen and oxygen atoms in total. The van der Waals surface area contributed by atoms with Gasteiger partial charge in [0, 0.05) is 23.7 Å². The van der Waals surface area contributed by atoms with Crippen molar-refractivity contribution in [3.8, 4) is 0 Å². The van der Waals surface area contributed by atoms with E-state index >= 15 is 0 Å². The van der Waals surface area contributed by atoms with Gasteiger partial charge in [0.05, 0.1) is 0 Å². The molecule has 0 fully saturated rings. The van der Waals surface area contributed by atoms with Gasteiger partial charge in [0.25, 0.3) is 5.91 Å². The largest absolute Gasteiger partial charge is 0.348 e. The van der Waals surface area contributed by atoms with Crippen LogP contribution < -0.4 is 5.32 Å². The summed E-state index contributed by atoms with van der Waals surface area (Å²) in [6.07, 6.45) is 0. The third kappa shape index (κ3) is 4.59. The number of benzene rings is 2. The summed E-state index contributed by atoms with van der Waals surface area (Å²) >= 11 is 5.90. The highest BCUT2D eigenvalue weighted by Crippen LogP contribution is 2.12. The Morgan fingerprint density at radius 3 is 2.48 bits per heavy atom. The zero-order valence-electron chi connectivity index (χ0n) is 12.3. The van der Waals surface area contributed by atoms with Crippen LogP contribution in [0, 0.1) is 0 Å². The molecule has 0 saturated heterocycles. The summed E-state index contributed by atoms with van der Waals surface area (Å²) in [7, 11) is 4.06. The number of halogens is 1. The zero-order valence-corrected chi connectivity index (χ0v) is 13.0. The summed E-state index contributed by atoms with van der Waals surface area (Å²) in [6.45, 7) is 1.36. The molecule has 0 aliphatic rings. The van der Waals surface area contributed by atoms with Crippen LogP contribution in [0.4, 0.5) is 0 Å². The Labute approximate surface area is 130 Å². The topological polar surface area (TPSA) is 32.3 Å². The van der Waals surface area contributed by atoms with Gasteiger partial charge >= 0.3 is 0 Å². The summed E-state index contributed by atoms with van der Waals surface area (Å²) in [4.78, 5) is 14.2. The monoisotopic (exact) mass is 302 g/mol. The molecule has 2 aromatic rings. The average molecular weight is 303 g/mol. The van der Waals surface area contributed by atoms with Crippen molar-refractivity contribution < 1.29 is 4.79 Å². The smallest absolute Gasteiger partial charge is 0.251 e. The lowest BCUT2D eigenvalue weighted by Crippen LogP contribution is -2.24. The molecule has 0 spiro atoms. The first-order valence-electron chi connectivity index (χ1n) is 6.81. The number of rotatable bonds is 5. The molecule has 0 heterocycles. The normalized spacial score (nSPS) is 10.7. The van der Waals surface area contributed by atoms with Crippen LogP contribution in [0.25, 0.3) is 0 Å². The fraction of sp³-hybridized carbons (Fsp3) is 0.235. The van der Waals surface area contributed by atoms with E-state index in [9.17, 15) is 4.79 Å². The van der Waals surface area contributed by atoms with Crippen molar-refractivity contribution in [2.75, 3.05) is 14.1 Å². The van der Waals surface area contributed by atoms with Gasteiger partial charge in [0.2, 0.25) is 0 Å². The molecule has 0 aromatic heterocycles. The van der Waals surface area contributed by atoms with Crippen molar-refractivity contribution in [2.45, 2.75) is 13.1 Å². The lowest BCUT2D eigenvalue weighted by atomic mass is 10.1. The molecule has 2 rings (SSSR count). The zero-order chi connectivity index (χ0) is 15.2. The second-order valence-corrected chi connectivity index (χ2v) is 5.64. The lowest BCUT2D eigenvalue weighted by Gasteiger charge is -2.14. The fourth-order valence-electron chi connectivity index (χ4n) is 2.13. The Balaban J connectivity index is 2.04. The van der Waals surface area contributed by atoms with Crippen LogP contribution in [-0.2, 0) is 13.1 Å². The summed E-state index contributed by atoms with van der Waals surface area (Å²) in [5.41, 5.74) is 2.92. The highest BCUT2D eigenvalue weighted by molar-refractivity contribution is 6.30. The third-order valence-corrected chi connectivity index (χ3v) is 3.37. The number of nitrogens with zero attached hydrogens (tertiary/aromatic N) is 1. The predicted molar refractivity (Wildman–Crippen MR) is 86.5 cm³/mol. The summed E-state index contributed by atoms with van der Waals surface area (Å²) in [5.74, 6) is -0.114. The predicted octanol–water partition coefficient (Wildman–Crippen LogP) is 3.33. The SMILES string of the molecule is CN(C)Cc1ccccc1CNC(=O)c1cccc(Cl)c1. The van der Waals surface area contributed by atoms with Crippen molar-refractivity contribution in [1.29, 1.82) is 0 Å². The van der Waals surface area contributed by atoms with Crippen molar-refractivity contribution >= 4 is 17.5 Å². The van der Waals surface area contributed by atoms with E-state index in [0.717, 1.165) is 12.1 Å². The molecular formula is C17H19ClN2O. The Morgan fingerprint density at radius 2 is 1.81 bits per heavy atom. The van der Waals surface area contributed by atoms with Gasteiger partial charge < -0.3 is 10.2 Å². The molecule has 1 amide bonds. The first-order chi connectivity index (χ1) is 10.1. The molecule has 0 saturated carbocycles.